The van der Waals surface area contributed by atoms with Gasteiger partial charge in [-0.15, -0.1) is 0 Å². The highest BCUT2D eigenvalue weighted by molar-refractivity contribution is 9.10. The predicted octanol–water partition coefficient (Wildman–Crippen LogP) is -0.451. The number of benzene rings is 1. The number of hydrazine groups is 1. The third-order valence-corrected chi connectivity index (χ3v) is 3.55. The molecule has 4 amide bonds. The van der Waals surface area contributed by atoms with Crippen molar-refractivity contribution >= 4 is 40.0 Å². The Morgan fingerprint density at radius 2 is 2.13 bits per heavy atom. The molecular formula is C13H15BrN6O3. The average molecular weight is 383 g/mol. The van der Waals surface area contributed by atoms with E-state index in [1.807, 2.05) is 24.3 Å². The van der Waals surface area contributed by atoms with E-state index in [1.54, 1.807) is 0 Å². The SMILES string of the molecule is O=C(CCNC1NNC(=O)NC1=O)N/N=C/c1ccccc1Br. The van der Waals surface area contributed by atoms with E-state index in [9.17, 15) is 14.4 Å². The van der Waals surface area contributed by atoms with Gasteiger partial charge in [-0.05, 0) is 6.07 Å². The lowest BCUT2D eigenvalue weighted by atomic mass is 10.2. The summed E-state index contributed by atoms with van der Waals surface area (Å²) in [5, 5.41) is 8.72. The van der Waals surface area contributed by atoms with E-state index in [1.165, 1.54) is 6.21 Å². The second-order valence-electron chi connectivity index (χ2n) is 4.54. The van der Waals surface area contributed by atoms with Crippen LogP contribution in [0.1, 0.15) is 12.0 Å². The molecule has 0 aromatic heterocycles. The first-order valence-electron chi connectivity index (χ1n) is 6.72. The number of amides is 4. The predicted molar refractivity (Wildman–Crippen MR) is 86.1 cm³/mol. The van der Waals surface area contributed by atoms with Crippen LogP contribution < -0.4 is 26.9 Å². The standard InChI is InChI=1S/C13H15BrN6O3/c14-9-4-2-1-3-8(9)7-16-18-10(21)5-6-15-11-12(22)17-13(23)20-19-11/h1-4,7,11,15,19H,5-6H2,(H,18,21)(H2,17,20,22,23)/b16-7+. The van der Waals surface area contributed by atoms with Crippen molar-refractivity contribution < 1.29 is 14.4 Å². The van der Waals surface area contributed by atoms with E-state index in [0.717, 1.165) is 10.0 Å². The van der Waals surface area contributed by atoms with Gasteiger partial charge in [0, 0.05) is 23.0 Å². The van der Waals surface area contributed by atoms with Crippen LogP contribution in [0, 0.1) is 0 Å². The number of imide groups is 1. The molecule has 9 nitrogen and oxygen atoms in total. The van der Waals surface area contributed by atoms with E-state index < -0.39 is 18.1 Å². The van der Waals surface area contributed by atoms with E-state index >= 15 is 0 Å². The summed E-state index contributed by atoms with van der Waals surface area (Å²) in [6.07, 6.45) is 0.859. The lowest BCUT2D eigenvalue weighted by Gasteiger charge is -2.23. The molecule has 0 aliphatic carbocycles. The number of urea groups is 1. The van der Waals surface area contributed by atoms with Crippen molar-refractivity contribution in [3.05, 3.63) is 34.3 Å². The summed E-state index contributed by atoms with van der Waals surface area (Å²) < 4.78 is 0.871. The minimum Gasteiger partial charge on any atom is -0.292 e. The van der Waals surface area contributed by atoms with Crippen LogP contribution in [-0.4, -0.2) is 36.8 Å². The zero-order valence-corrected chi connectivity index (χ0v) is 13.5. The molecule has 0 spiro atoms. The zero-order chi connectivity index (χ0) is 16.7. The monoisotopic (exact) mass is 382 g/mol. The molecule has 5 N–H and O–H groups in total. The maximum Gasteiger partial charge on any atom is 0.335 e. The van der Waals surface area contributed by atoms with Gasteiger partial charge in [0.2, 0.25) is 5.91 Å². The average Bonchev–Trinajstić information content (AvgIpc) is 2.51. The Balaban J connectivity index is 1.68. The van der Waals surface area contributed by atoms with Crippen LogP contribution >= 0.6 is 15.9 Å². The smallest absolute Gasteiger partial charge is 0.292 e. The lowest BCUT2D eigenvalue weighted by molar-refractivity contribution is -0.125. The highest BCUT2D eigenvalue weighted by Gasteiger charge is 2.24. The molecule has 1 aromatic carbocycles. The third-order valence-electron chi connectivity index (χ3n) is 2.83. The van der Waals surface area contributed by atoms with Crippen LogP contribution in [0.3, 0.4) is 0 Å². The number of halogens is 1. The van der Waals surface area contributed by atoms with Crippen molar-refractivity contribution in [2.24, 2.45) is 5.10 Å². The normalized spacial score (nSPS) is 17.7. The molecule has 1 fully saturated rings. The minimum absolute atomic E-state index is 0.118. The quantitative estimate of drug-likeness (QED) is 0.336. The molecule has 0 bridgehead atoms. The molecule has 1 aliphatic heterocycles. The molecule has 1 unspecified atom stereocenters. The maximum absolute atomic E-state index is 11.6. The van der Waals surface area contributed by atoms with Crippen molar-refractivity contribution in [3.8, 4) is 0 Å². The topological polar surface area (TPSA) is 124 Å². The van der Waals surface area contributed by atoms with Gasteiger partial charge in [-0.25, -0.2) is 15.6 Å². The number of rotatable bonds is 6. The number of hydrazone groups is 1. The summed E-state index contributed by atoms with van der Waals surface area (Å²) in [5.74, 6) is -0.817. The van der Waals surface area contributed by atoms with E-state index in [0.29, 0.717) is 0 Å². The Kier molecular flexibility index (Phi) is 6.20. The van der Waals surface area contributed by atoms with Crippen molar-refractivity contribution in [3.63, 3.8) is 0 Å². The fraction of sp³-hybridized carbons (Fsp3) is 0.231. The first kappa shape index (κ1) is 17.1. The summed E-state index contributed by atoms with van der Waals surface area (Å²) in [6.45, 7) is 0.233. The van der Waals surface area contributed by atoms with Gasteiger partial charge in [-0.3, -0.25) is 25.6 Å². The summed E-state index contributed by atoms with van der Waals surface area (Å²) in [6, 6.07) is 6.84. The molecule has 1 aromatic rings. The summed E-state index contributed by atoms with van der Waals surface area (Å²) >= 11 is 3.37. The van der Waals surface area contributed by atoms with Crippen LogP contribution in [0.5, 0.6) is 0 Å². The number of hydrogen-bond donors (Lipinski definition) is 5. The summed E-state index contributed by atoms with van der Waals surface area (Å²) in [5.41, 5.74) is 7.95. The molecule has 23 heavy (non-hydrogen) atoms. The summed E-state index contributed by atoms with van der Waals surface area (Å²) in [4.78, 5) is 33.9. The Morgan fingerprint density at radius 3 is 2.87 bits per heavy atom. The van der Waals surface area contributed by atoms with Gasteiger partial charge in [0.05, 0.1) is 6.21 Å². The van der Waals surface area contributed by atoms with E-state index in [4.69, 9.17) is 0 Å². The van der Waals surface area contributed by atoms with Gasteiger partial charge < -0.3 is 0 Å². The maximum atomic E-state index is 11.6. The Morgan fingerprint density at radius 1 is 1.35 bits per heavy atom. The Labute approximate surface area is 140 Å². The largest absolute Gasteiger partial charge is 0.335 e. The van der Waals surface area contributed by atoms with Crippen LogP contribution in [0.2, 0.25) is 0 Å². The van der Waals surface area contributed by atoms with Crippen LogP contribution in [0.15, 0.2) is 33.8 Å². The number of carbonyl (C=O) groups is 3. The first-order valence-corrected chi connectivity index (χ1v) is 7.52. The molecule has 0 saturated carbocycles. The lowest BCUT2D eigenvalue weighted by Crippen LogP contribution is -2.67. The summed E-state index contributed by atoms with van der Waals surface area (Å²) in [7, 11) is 0. The second kappa shape index (κ2) is 8.36. The molecular weight excluding hydrogens is 368 g/mol. The molecule has 122 valence electrons. The fourth-order valence-corrected chi connectivity index (χ4v) is 2.09. The zero-order valence-electron chi connectivity index (χ0n) is 11.9. The first-order chi connectivity index (χ1) is 11.1. The van der Waals surface area contributed by atoms with Gasteiger partial charge in [0.1, 0.15) is 0 Å². The molecule has 1 heterocycles. The Bertz CT molecular complexity index is 636. The molecule has 1 atom stereocenters. The number of hydrogen-bond acceptors (Lipinski definition) is 6. The van der Waals surface area contributed by atoms with E-state index in [-0.39, 0.29) is 18.9 Å². The van der Waals surface area contributed by atoms with Crippen LogP contribution in [0.25, 0.3) is 0 Å². The van der Waals surface area contributed by atoms with Crippen LogP contribution in [0.4, 0.5) is 4.79 Å². The molecule has 2 rings (SSSR count). The van der Waals surface area contributed by atoms with Crippen molar-refractivity contribution in [2.45, 2.75) is 12.6 Å². The van der Waals surface area contributed by atoms with Gasteiger partial charge in [-0.1, -0.05) is 34.1 Å². The van der Waals surface area contributed by atoms with Crippen molar-refractivity contribution in [1.29, 1.82) is 0 Å². The highest BCUT2D eigenvalue weighted by atomic mass is 79.9. The van der Waals surface area contributed by atoms with E-state index in [2.05, 4.69) is 47.9 Å². The third kappa shape index (κ3) is 5.43. The van der Waals surface area contributed by atoms with Crippen LogP contribution in [-0.2, 0) is 9.59 Å². The fourth-order valence-electron chi connectivity index (χ4n) is 1.70. The molecule has 1 saturated heterocycles. The number of carbonyl (C=O) groups excluding carboxylic acids is 3. The highest BCUT2D eigenvalue weighted by Crippen LogP contribution is 2.13. The second-order valence-corrected chi connectivity index (χ2v) is 5.39. The Hall–Kier alpha value is -2.30. The van der Waals surface area contributed by atoms with Gasteiger partial charge in [0.25, 0.3) is 5.91 Å². The number of nitrogens with zero attached hydrogens (tertiary/aromatic N) is 1. The van der Waals surface area contributed by atoms with Gasteiger partial charge in [-0.2, -0.15) is 5.10 Å². The minimum atomic E-state index is -0.788. The molecule has 1 aliphatic rings. The molecule has 10 heteroatoms. The van der Waals surface area contributed by atoms with Gasteiger partial charge >= 0.3 is 6.03 Å². The van der Waals surface area contributed by atoms with Gasteiger partial charge in [0.15, 0.2) is 6.17 Å². The van der Waals surface area contributed by atoms with Crippen molar-refractivity contribution in [1.82, 2.24) is 26.9 Å². The van der Waals surface area contributed by atoms with Crippen molar-refractivity contribution in [2.75, 3.05) is 6.54 Å². The molecule has 0 radical (unpaired) electrons. The number of nitrogens with one attached hydrogen (secondary N) is 5.